The van der Waals surface area contributed by atoms with Crippen LogP contribution in [0.25, 0.3) is 0 Å². The molecular formula is C20H41NO2. The van der Waals surface area contributed by atoms with Gasteiger partial charge >= 0.3 is 0 Å². The number of unbranched alkanes of at least 4 members (excludes halogenated alkanes) is 11. The van der Waals surface area contributed by atoms with Crippen molar-refractivity contribution in [3.8, 4) is 0 Å². The molecule has 1 atom stereocenters. The lowest BCUT2D eigenvalue weighted by Gasteiger charge is -2.10. The summed E-state index contributed by atoms with van der Waals surface area (Å²) in [6.45, 7) is 4.53. The quantitative estimate of drug-likeness (QED) is 0.258. The normalized spacial score (nSPS) is 12.5. The molecule has 0 bridgehead atoms. The van der Waals surface area contributed by atoms with E-state index in [9.17, 15) is 4.79 Å². The third kappa shape index (κ3) is 17.8. The van der Waals surface area contributed by atoms with Gasteiger partial charge in [0.1, 0.15) is 12.8 Å². The van der Waals surface area contributed by atoms with Crippen molar-refractivity contribution in [2.75, 3.05) is 6.61 Å². The maximum atomic E-state index is 11.7. The second-order valence-electron chi connectivity index (χ2n) is 6.82. The Hall–Kier alpha value is -0.410. The van der Waals surface area contributed by atoms with Gasteiger partial charge in [0.05, 0.1) is 0 Å². The Labute approximate surface area is 144 Å². The predicted molar refractivity (Wildman–Crippen MR) is 99.5 cm³/mol. The highest BCUT2D eigenvalue weighted by atomic mass is 16.5. The van der Waals surface area contributed by atoms with Crippen LogP contribution < -0.4 is 5.73 Å². The highest BCUT2D eigenvalue weighted by Crippen LogP contribution is 2.12. The molecule has 0 heterocycles. The van der Waals surface area contributed by atoms with Crippen molar-refractivity contribution in [3.63, 3.8) is 0 Å². The molecule has 2 N–H and O–H groups in total. The highest BCUT2D eigenvalue weighted by molar-refractivity contribution is 5.79. The number of hydrogen-bond acceptors (Lipinski definition) is 3. The van der Waals surface area contributed by atoms with Crippen LogP contribution in [0, 0.1) is 0 Å². The molecule has 138 valence electrons. The fourth-order valence-corrected chi connectivity index (χ4v) is 2.80. The number of Topliss-reactive ketones (excluding diaryl/α,β-unsaturated/α-hetero) is 1. The molecule has 23 heavy (non-hydrogen) atoms. The van der Waals surface area contributed by atoms with Gasteiger partial charge in [0.15, 0.2) is 5.78 Å². The van der Waals surface area contributed by atoms with Gasteiger partial charge in [-0.3, -0.25) is 4.79 Å². The number of ether oxygens (including phenoxy) is 1. The van der Waals surface area contributed by atoms with Gasteiger partial charge in [0.25, 0.3) is 0 Å². The monoisotopic (exact) mass is 327 g/mol. The average molecular weight is 328 g/mol. The van der Waals surface area contributed by atoms with E-state index in [1.807, 2.05) is 0 Å². The van der Waals surface area contributed by atoms with Crippen LogP contribution >= 0.6 is 0 Å². The number of carbonyl (C=O) groups excluding carboxylic acids is 1. The van der Waals surface area contributed by atoms with Crippen molar-refractivity contribution >= 4 is 5.78 Å². The van der Waals surface area contributed by atoms with Gasteiger partial charge in [-0.2, -0.15) is 0 Å². The van der Waals surface area contributed by atoms with E-state index < -0.39 is 0 Å². The maximum absolute atomic E-state index is 11.7. The molecule has 0 amide bonds. The van der Waals surface area contributed by atoms with Crippen molar-refractivity contribution in [3.05, 3.63) is 0 Å². The fraction of sp³-hybridized carbons (Fsp3) is 0.950. The lowest BCUT2D eigenvalue weighted by atomic mass is 10.0. The molecule has 0 spiro atoms. The standard InChI is InChI=1S/C20H41NO2/c1-3-5-6-7-8-9-10-11-12-13-14-15-17-19(22)18-23-20(21)16-4-2/h20H,3-18,21H2,1-2H3. The van der Waals surface area contributed by atoms with E-state index in [2.05, 4.69) is 13.8 Å². The summed E-state index contributed by atoms with van der Waals surface area (Å²) < 4.78 is 5.33. The summed E-state index contributed by atoms with van der Waals surface area (Å²) in [4.78, 5) is 11.7. The first-order valence-corrected chi connectivity index (χ1v) is 10.1. The molecule has 0 rings (SSSR count). The molecule has 0 saturated heterocycles. The second-order valence-corrected chi connectivity index (χ2v) is 6.82. The third-order valence-electron chi connectivity index (χ3n) is 4.34. The molecule has 0 saturated carbocycles. The molecule has 1 unspecified atom stereocenters. The minimum absolute atomic E-state index is 0.194. The first-order chi connectivity index (χ1) is 11.2. The summed E-state index contributed by atoms with van der Waals surface area (Å²) >= 11 is 0. The number of rotatable bonds is 18. The van der Waals surface area contributed by atoms with Gasteiger partial charge in [0.2, 0.25) is 0 Å². The van der Waals surface area contributed by atoms with E-state index in [1.165, 1.54) is 70.6 Å². The molecule has 0 aliphatic heterocycles. The van der Waals surface area contributed by atoms with Crippen molar-refractivity contribution in [1.29, 1.82) is 0 Å². The molecule has 0 fully saturated rings. The van der Waals surface area contributed by atoms with Gasteiger partial charge < -0.3 is 10.5 Å². The number of carbonyl (C=O) groups is 1. The van der Waals surface area contributed by atoms with E-state index in [0.29, 0.717) is 6.42 Å². The van der Waals surface area contributed by atoms with E-state index in [4.69, 9.17) is 10.5 Å². The van der Waals surface area contributed by atoms with Gasteiger partial charge in [-0.15, -0.1) is 0 Å². The van der Waals surface area contributed by atoms with E-state index in [-0.39, 0.29) is 18.6 Å². The topological polar surface area (TPSA) is 52.3 Å². The van der Waals surface area contributed by atoms with E-state index in [0.717, 1.165) is 19.3 Å². The summed E-state index contributed by atoms with van der Waals surface area (Å²) in [5, 5.41) is 0. The molecule has 3 nitrogen and oxygen atoms in total. The van der Waals surface area contributed by atoms with Crippen LogP contribution in [0.3, 0.4) is 0 Å². The predicted octanol–water partition coefficient (Wildman–Crippen LogP) is 5.75. The summed E-state index contributed by atoms with van der Waals surface area (Å²) in [5.74, 6) is 0.198. The lowest BCUT2D eigenvalue weighted by molar-refractivity contribution is -0.125. The highest BCUT2D eigenvalue weighted by Gasteiger charge is 2.06. The molecule has 0 radical (unpaired) electrons. The Morgan fingerprint density at radius 3 is 1.74 bits per heavy atom. The Morgan fingerprint density at radius 1 is 0.783 bits per heavy atom. The lowest BCUT2D eigenvalue weighted by Crippen LogP contribution is -2.26. The van der Waals surface area contributed by atoms with Crippen molar-refractivity contribution in [1.82, 2.24) is 0 Å². The second kappa shape index (κ2) is 17.9. The molecule has 0 aromatic carbocycles. The number of nitrogens with two attached hydrogens (primary N) is 1. The summed E-state index contributed by atoms with van der Waals surface area (Å²) in [5.41, 5.74) is 5.73. The first-order valence-electron chi connectivity index (χ1n) is 10.1. The molecule has 0 aliphatic rings. The fourth-order valence-electron chi connectivity index (χ4n) is 2.80. The maximum Gasteiger partial charge on any atom is 0.158 e. The van der Waals surface area contributed by atoms with Crippen molar-refractivity contribution < 1.29 is 9.53 Å². The zero-order chi connectivity index (χ0) is 17.2. The van der Waals surface area contributed by atoms with Crippen LogP contribution in [-0.4, -0.2) is 18.6 Å². The van der Waals surface area contributed by atoms with Gasteiger partial charge in [-0.05, 0) is 12.8 Å². The molecule has 0 aromatic heterocycles. The summed E-state index contributed by atoms with van der Waals surface area (Å²) in [7, 11) is 0. The first kappa shape index (κ1) is 22.6. The molecular weight excluding hydrogens is 286 g/mol. The zero-order valence-electron chi connectivity index (χ0n) is 15.8. The molecule has 0 aliphatic carbocycles. The Bertz CT molecular complexity index is 256. The largest absolute Gasteiger partial charge is 0.356 e. The van der Waals surface area contributed by atoms with Crippen molar-refractivity contribution in [2.24, 2.45) is 5.73 Å². The summed E-state index contributed by atoms with van der Waals surface area (Å²) in [6.07, 6.45) is 18.1. The van der Waals surface area contributed by atoms with Crippen LogP contribution in [0.15, 0.2) is 0 Å². The Kier molecular flexibility index (Phi) is 17.6. The van der Waals surface area contributed by atoms with Crippen LogP contribution in [0.5, 0.6) is 0 Å². The molecule has 3 heteroatoms. The Morgan fingerprint density at radius 2 is 1.26 bits per heavy atom. The van der Waals surface area contributed by atoms with Crippen molar-refractivity contribution in [2.45, 2.75) is 116 Å². The Balaban J connectivity index is 3.19. The molecule has 0 aromatic rings. The average Bonchev–Trinajstić information content (AvgIpc) is 2.54. The number of hydrogen-bond donors (Lipinski definition) is 1. The van der Waals surface area contributed by atoms with Crippen LogP contribution in [0.4, 0.5) is 0 Å². The number of ketones is 1. The van der Waals surface area contributed by atoms with Crippen LogP contribution in [0.1, 0.15) is 110 Å². The van der Waals surface area contributed by atoms with Gasteiger partial charge in [-0.25, -0.2) is 0 Å². The minimum atomic E-state index is -0.272. The van der Waals surface area contributed by atoms with E-state index in [1.54, 1.807) is 0 Å². The zero-order valence-corrected chi connectivity index (χ0v) is 15.8. The van der Waals surface area contributed by atoms with Gasteiger partial charge in [-0.1, -0.05) is 90.9 Å². The SMILES string of the molecule is CCCCCCCCCCCCCCC(=O)COC(N)CCC. The van der Waals surface area contributed by atoms with Crippen LogP contribution in [0.2, 0.25) is 0 Å². The van der Waals surface area contributed by atoms with Gasteiger partial charge in [0, 0.05) is 6.42 Å². The van der Waals surface area contributed by atoms with E-state index >= 15 is 0 Å². The minimum Gasteiger partial charge on any atom is -0.356 e. The summed E-state index contributed by atoms with van der Waals surface area (Å²) in [6, 6.07) is 0. The smallest absolute Gasteiger partial charge is 0.158 e. The third-order valence-corrected chi connectivity index (χ3v) is 4.34. The van der Waals surface area contributed by atoms with Crippen LogP contribution in [-0.2, 0) is 9.53 Å².